The van der Waals surface area contributed by atoms with Gasteiger partial charge in [-0.1, -0.05) is 12.8 Å². The summed E-state index contributed by atoms with van der Waals surface area (Å²) in [4.78, 5) is 4.35. The van der Waals surface area contributed by atoms with E-state index in [9.17, 15) is 13.2 Å². The van der Waals surface area contributed by atoms with Crippen molar-refractivity contribution in [1.29, 1.82) is 0 Å². The summed E-state index contributed by atoms with van der Waals surface area (Å²) in [6.45, 7) is 1.62. The van der Waals surface area contributed by atoms with Crippen molar-refractivity contribution in [3.05, 3.63) is 41.0 Å². The summed E-state index contributed by atoms with van der Waals surface area (Å²) in [5.74, 6) is -3.15. The Kier molecular flexibility index (Phi) is 3.74. The van der Waals surface area contributed by atoms with E-state index in [4.69, 9.17) is 0 Å². The first-order valence-electron chi connectivity index (χ1n) is 8.55. The standard InChI is InChI=1S/C18H21F3N2/c19-14-9-13(10-15(20)17(14)21)23-11-22-8-4-3-7-16(22)18(23)12-5-1-2-6-12/h9-10,12H,1-8,11H2. The fourth-order valence-corrected chi connectivity index (χ4v) is 4.31. The number of hydrogen-bond donors (Lipinski definition) is 0. The van der Waals surface area contributed by atoms with Crippen molar-refractivity contribution in [2.24, 2.45) is 5.92 Å². The molecule has 1 aliphatic carbocycles. The first-order valence-corrected chi connectivity index (χ1v) is 8.55. The molecule has 1 saturated carbocycles. The van der Waals surface area contributed by atoms with Crippen LogP contribution in [0.2, 0.25) is 0 Å². The monoisotopic (exact) mass is 322 g/mol. The van der Waals surface area contributed by atoms with Crippen LogP contribution in [0.4, 0.5) is 18.9 Å². The van der Waals surface area contributed by atoms with Gasteiger partial charge in [0.25, 0.3) is 0 Å². The molecule has 0 aromatic heterocycles. The number of piperidine rings is 1. The predicted octanol–water partition coefficient (Wildman–Crippen LogP) is 4.77. The third kappa shape index (κ3) is 2.50. The fraction of sp³-hybridized carbons (Fsp3) is 0.556. The number of rotatable bonds is 2. The molecule has 1 aromatic carbocycles. The summed E-state index contributed by atoms with van der Waals surface area (Å²) in [5, 5.41) is 0. The lowest BCUT2D eigenvalue weighted by molar-refractivity contribution is 0.317. The number of nitrogens with zero attached hydrogens (tertiary/aromatic N) is 2. The van der Waals surface area contributed by atoms with Gasteiger partial charge in [-0.2, -0.15) is 0 Å². The topological polar surface area (TPSA) is 6.48 Å². The maximum Gasteiger partial charge on any atom is 0.194 e. The lowest BCUT2D eigenvalue weighted by Gasteiger charge is -2.27. The summed E-state index contributed by atoms with van der Waals surface area (Å²) in [6.07, 6.45) is 8.05. The number of fused-ring (bicyclic) bond motifs is 1. The van der Waals surface area contributed by atoms with E-state index in [2.05, 4.69) is 4.90 Å². The first-order chi connectivity index (χ1) is 11.1. The highest BCUT2D eigenvalue weighted by Crippen LogP contribution is 2.43. The van der Waals surface area contributed by atoms with Gasteiger partial charge in [0, 0.05) is 41.7 Å². The molecular weight excluding hydrogens is 301 g/mol. The molecule has 0 radical (unpaired) electrons. The molecule has 0 bridgehead atoms. The third-order valence-corrected chi connectivity index (χ3v) is 5.39. The molecule has 0 atom stereocenters. The molecule has 0 amide bonds. The molecule has 2 heterocycles. The van der Waals surface area contributed by atoms with E-state index in [1.165, 1.54) is 30.7 Å². The molecular formula is C18H21F3N2. The lowest BCUT2D eigenvalue weighted by atomic mass is 9.97. The maximum atomic E-state index is 13.7. The summed E-state index contributed by atoms with van der Waals surface area (Å²) >= 11 is 0. The largest absolute Gasteiger partial charge is 0.355 e. The van der Waals surface area contributed by atoms with Gasteiger partial charge in [-0.25, -0.2) is 13.2 Å². The number of halogens is 3. The van der Waals surface area contributed by atoms with E-state index in [0.717, 1.165) is 44.4 Å². The minimum atomic E-state index is -1.39. The maximum absolute atomic E-state index is 13.7. The molecule has 5 heteroatoms. The highest BCUT2D eigenvalue weighted by molar-refractivity contribution is 5.56. The van der Waals surface area contributed by atoms with E-state index in [-0.39, 0.29) is 0 Å². The number of allylic oxidation sites excluding steroid dienone is 2. The van der Waals surface area contributed by atoms with Gasteiger partial charge < -0.3 is 9.80 Å². The van der Waals surface area contributed by atoms with Crippen LogP contribution in [0, 0.1) is 23.4 Å². The molecule has 3 aliphatic rings. The summed E-state index contributed by atoms with van der Waals surface area (Å²) < 4.78 is 40.7. The van der Waals surface area contributed by atoms with E-state index < -0.39 is 17.5 Å². The average molecular weight is 322 g/mol. The molecule has 0 spiro atoms. The molecule has 2 aliphatic heterocycles. The Balaban J connectivity index is 1.76. The Morgan fingerprint density at radius 3 is 2.30 bits per heavy atom. The van der Waals surface area contributed by atoms with Crippen LogP contribution < -0.4 is 4.90 Å². The number of hydrogen-bond acceptors (Lipinski definition) is 2. The van der Waals surface area contributed by atoms with Gasteiger partial charge in [0.1, 0.15) is 0 Å². The van der Waals surface area contributed by atoms with E-state index in [1.54, 1.807) is 0 Å². The van der Waals surface area contributed by atoms with Crippen molar-refractivity contribution in [2.45, 2.75) is 44.9 Å². The van der Waals surface area contributed by atoms with E-state index in [1.807, 2.05) is 4.90 Å². The highest BCUT2D eigenvalue weighted by Gasteiger charge is 2.36. The summed E-state index contributed by atoms with van der Waals surface area (Å²) in [5.41, 5.74) is 3.01. The Bertz CT molecular complexity index is 627. The van der Waals surface area contributed by atoms with Crippen LogP contribution in [0.3, 0.4) is 0 Å². The molecule has 0 N–H and O–H groups in total. The number of benzene rings is 1. The molecule has 1 saturated heterocycles. The van der Waals surface area contributed by atoms with Crippen molar-refractivity contribution >= 4 is 5.69 Å². The number of anilines is 1. The van der Waals surface area contributed by atoms with Crippen molar-refractivity contribution < 1.29 is 13.2 Å². The van der Waals surface area contributed by atoms with Gasteiger partial charge in [-0.15, -0.1) is 0 Å². The quantitative estimate of drug-likeness (QED) is 0.724. The van der Waals surface area contributed by atoms with Crippen molar-refractivity contribution in [1.82, 2.24) is 4.90 Å². The minimum Gasteiger partial charge on any atom is -0.355 e. The van der Waals surface area contributed by atoms with Crippen molar-refractivity contribution in [3.8, 4) is 0 Å². The molecule has 2 fully saturated rings. The zero-order valence-corrected chi connectivity index (χ0v) is 13.1. The van der Waals surface area contributed by atoms with Gasteiger partial charge in [-0.05, 0) is 32.1 Å². The Morgan fingerprint density at radius 2 is 1.61 bits per heavy atom. The molecule has 23 heavy (non-hydrogen) atoms. The van der Waals surface area contributed by atoms with Crippen LogP contribution >= 0.6 is 0 Å². The van der Waals surface area contributed by atoms with Crippen LogP contribution in [-0.2, 0) is 0 Å². The Labute approximate surface area is 134 Å². The molecule has 1 aromatic rings. The van der Waals surface area contributed by atoms with Gasteiger partial charge in [0.05, 0.1) is 6.67 Å². The first kappa shape index (κ1) is 14.9. The second-order valence-corrected chi connectivity index (χ2v) is 6.83. The SMILES string of the molecule is Fc1cc(N2CN3CCCCC3=C2C2CCCC2)cc(F)c1F. The van der Waals surface area contributed by atoms with Gasteiger partial charge in [0.15, 0.2) is 17.5 Å². The predicted molar refractivity (Wildman–Crippen MR) is 83.2 cm³/mol. The Morgan fingerprint density at radius 1 is 0.913 bits per heavy atom. The molecule has 0 unspecified atom stereocenters. The van der Waals surface area contributed by atoms with E-state index >= 15 is 0 Å². The second-order valence-electron chi connectivity index (χ2n) is 6.83. The Hall–Kier alpha value is -1.65. The van der Waals surface area contributed by atoms with Crippen LogP contribution in [-0.4, -0.2) is 18.1 Å². The van der Waals surface area contributed by atoms with Crippen LogP contribution in [0.15, 0.2) is 23.5 Å². The normalized spacial score (nSPS) is 22.2. The van der Waals surface area contributed by atoms with Gasteiger partial charge in [-0.3, -0.25) is 0 Å². The lowest BCUT2D eigenvalue weighted by Crippen LogP contribution is -2.31. The van der Waals surface area contributed by atoms with E-state index in [0.29, 0.717) is 18.3 Å². The molecule has 4 rings (SSSR count). The van der Waals surface area contributed by atoms with Crippen molar-refractivity contribution in [2.75, 3.05) is 18.1 Å². The average Bonchev–Trinajstić information content (AvgIpc) is 3.18. The highest BCUT2D eigenvalue weighted by atomic mass is 19.2. The van der Waals surface area contributed by atoms with Crippen LogP contribution in [0.25, 0.3) is 0 Å². The van der Waals surface area contributed by atoms with Crippen LogP contribution in [0.5, 0.6) is 0 Å². The zero-order valence-electron chi connectivity index (χ0n) is 13.1. The third-order valence-electron chi connectivity index (χ3n) is 5.39. The molecule has 124 valence electrons. The smallest absolute Gasteiger partial charge is 0.194 e. The van der Waals surface area contributed by atoms with Crippen LogP contribution in [0.1, 0.15) is 44.9 Å². The summed E-state index contributed by atoms with van der Waals surface area (Å²) in [7, 11) is 0. The minimum absolute atomic E-state index is 0.435. The van der Waals surface area contributed by atoms with Gasteiger partial charge >= 0.3 is 0 Å². The molecule has 2 nitrogen and oxygen atoms in total. The van der Waals surface area contributed by atoms with Gasteiger partial charge in [0.2, 0.25) is 0 Å². The fourth-order valence-electron chi connectivity index (χ4n) is 4.31. The second kappa shape index (κ2) is 5.77. The summed E-state index contributed by atoms with van der Waals surface area (Å²) in [6, 6.07) is 2.26. The zero-order chi connectivity index (χ0) is 16.0. The van der Waals surface area contributed by atoms with Crippen molar-refractivity contribution in [3.63, 3.8) is 0 Å².